The summed E-state index contributed by atoms with van der Waals surface area (Å²) in [5, 5.41) is 7.78. The Hall–Kier alpha value is -2.15. The second kappa shape index (κ2) is 5.23. The predicted molar refractivity (Wildman–Crippen MR) is 70.9 cm³/mol. The molecule has 0 spiro atoms. The van der Waals surface area contributed by atoms with E-state index in [9.17, 15) is 4.79 Å². The summed E-state index contributed by atoms with van der Waals surface area (Å²) in [4.78, 5) is 17.3. The number of rotatable bonds is 4. The molecule has 0 unspecified atom stereocenters. The molecule has 0 aliphatic carbocycles. The van der Waals surface area contributed by atoms with E-state index in [1.807, 2.05) is 17.8 Å². The average Bonchev–Trinajstić information content (AvgIpc) is 2.74. The zero-order valence-electron chi connectivity index (χ0n) is 10.5. The van der Waals surface area contributed by atoms with Crippen LogP contribution in [0.25, 0.3) is 0 Å². The number of imidazole rings is 1. The fraction of sp³-hybridized carbons (Fsp3) is 0.273. The highest BCUT2D eigenvalue weighted by atomic mass is 35.5. The Morgan fingerprint density at radius 1 is 1.53 bits per heavy atom. The number of nitrogens with zero attached hydrogens (tertiary/aromatic N) is 5. The summed E-state index contributed by atoms with van der Waals surface area (Å²) in [6, 6.07) is 1.40. The van der Waals surface area contributed by atoms with Gasteiger partial charge in [0.2, 0.25) is 0 Å². The maximum atomic E-state index is 11.4. The van der Waals surface area contributed by atoms with Crippen molar-refractivity contribution in [2.75, 3.05) is 11.9 Å². The highest BCUT2D eigenvalue weighted by Crippen LogP contribution is 2.19. The molecule has 0 fully saturated rings. The second-order valence-corrected chi connectivity index (χ2v) is 4.47. The van der Waals surface area contributed by atoms with Gasteiger partial charge in [0.25, 0.3) is 5.91 Å². The van der Waals surface area contributed by atoms with Crippen LogP contribution in [-0.2, 0) is 13.6 Å². The lowest BCUT2D eigenvalue weighted by Gasteiger charge is -2.19. The number of carbonyl (C=O) groups excluding carboxylic acids is 1. The number of aryl methyl sites for hydroxylation is 1. The van der Waals surface area contributed by atoms with Crippen LogP contribution in [0.4, 0.5) is 5.82 Å². The fourth-order valence-corrected chi connectivity index (χ4v) is 1.81. The van der Waals surface area contributed by atoms with E-state index in [1.165, 1.54) is 6.07 Å². The molecule has 0 aromatic carbocycles. The number of hydrogen-bond donors (Lipinski definition) is 1. The smallest absolute Gasteiger partial charge is 0.252 e. The summed E-state index contributed by atoms with van der Waals surface area (Å²) < 4.78 is 1.88. The number of aromatic nitrogens is 4. The van der Waals surface area contributed by atoms with Crippen molar-refractivity contribution in [2.45, 2.75) is 6.54 Å². The SMILES string of the molecule is CN(Cc1nccn1C)c1nnc(Cl)cc1C(N)=O. The van der Waals surface area contributed by atoms with Gasteiger partial charge in [-0.25, -0.2) is 4.98 Å². The Labute approximate surface area is 115 Å². The van der Waals surface area contributed by atoms with Crippen LogP contribution >= 0.6 is 11.6 Å². The Balaban J connectivity index is 2.31. The van der Waals surface area contributed by atoms with Crippen molar-refractivity contribution in [3.8, 4) is 0 Å². The number of hydrogen-bond acceptors (Lipinski definition) is 5. The molecule has 2 aromatic rings. The molecule has 0 radical (unpaired) electrons. The van der Waals surface area contributed by atoms with E-state index in [4.69, 9.17) is 17.3 Å². The Morgan fingerprint density at radius 3 is 2.84 bits per heavy atom. The van der Waals surface area contributed by atoms with Crippen LogP contribution in [-0.4, -0.2) is 32.7 Å². The number of anilines is 1. The summed E-state index contributed by atoms with van der Waals surface area (Å²) in [6.45, 7) is 0.472. The van der Waals surface area contributed by atoms with Gasteiger partial charge in [-0.2, -0.15) is 0 Å². The van der Waals surface area contributed by atoms with E-state index in [1.54, 1.807) is 18.1 Å². The fourth-order valence-electron chi connectivity index (χ4n) is 1.66. The summed E-state index contributed by atoms with van der Waals surface area (Å²) >= 11 is 5.72. The van der Waals surface area contributed by atoms with Crippen molar-refractivity contribution < 1.29 is 4.79 Å². The van der Waals surface area contributed by atoms with Crippen molar-refractivity contribution >= 4 is 23.3 Å². The van der Waals surface area contributed by atoms with Gasteiger partial charge in [0.1, 0.15) is 5.82 Å². The molecule has 2 N–H and O–H groups in total. The van der Waals surface area contributed by atoms with E-state index >= 15 is 0 Å². The van der Waals surface area contributed by atoms with Crippen molar-refractivity contribution in [3.63, 3.8) is 0 Å². The lowest BCUT2D eigenvalue weighted by atomic mass is 10.2. The maximum absolute atomic E-state index is 11.4. The zero-order valence-corrected chi connectivity index (χ0v) is 11.3. The first-order chi connectivity index (χ1) is 8.99. The minimum atomic E-state index is -0.599. The monoisotopic (exact) mass is 280 g/mol. The molecule has 19 heavy (non-hydrogen) atoms. The number of amides is 1. The van der Waals surface area contributed by atoms with Crippen LogP contribution in [0.2, 0.25) is 5.15 Å². The lowest BCUT2D eigenvalue weighted by Crippen LogP contribution is -2.25. The summed E-state index contributed by atoms with van der Waals surface area (Å²) in [7, 11) is 3.66. The first kappa shape index (κ1) is 13.3. The van der Waals surface area contributed by atoms with Crippen LogP contribution in [0.15, 0.2) is 18.5 Å². The third-order valence-electron chi connectivity index (χ3n) is 2.67. The normalized spacial score (nSPS) is 10.5. The zero-order chi connectivity index (χ0) is 14.0. The van der Waals surface area contributed by atoms with Gasteiger partial charge in [0.15, 0.2) is 11.0 Å². The third kappa shape index (κ3) is 2.82. The number of nitrogens with two attached hydrogens (primary N) is 1. The molecule has 0 saturated carbocycles. The Bertz CT molecular complexity index is 611. The Morgan fingerprint density at radius 2 is 2.26 bits per heavy atom. The lowest BCUT2D eigenvalue weighted by molar-refractivity contribution is 0.1000. The third-order valence-corrected chi connectivity index (χ3v) is 2.86. The second-order valence-electron chi connectivity index (χ2n) is 4.08. The first-order valence-electron chi connectivity index (χ1n) is 5.49. The molecule has 0 bridgehead atoms. The summed E-state index contributed by atoms with van der Waals surface area (Å²) in [6.07, 6.45) is 3.54. The van der Waals surface area contributed by atoms with Crippen molar-refractivity contribution in [1.82, 2.24) is 19.7 Å². The summed E-state index contributed by atoms with van der Waals surface area (Å²) in [5.41, 5.74) is 5.54. The van der Waals surface area contributed by atoms with Gasteiger partial charge in [0, 0.05) is 26.5 Å². The van der Waals surface area contributed by atoms with Crippen molar-refractivity contribution in [3.05, 3.63) is 35.0 Å². The van der Waals surface area contributed by atoms with Gasteiger partial charge in [-0.15, -0.1) is 10.2 Å². The average molecular weight is 281 g/mol. The van der Waals surface area contributed by atoms with Crippen molar-refractivity contribution in [2.24, 2.45) is 12.8 Å². The molecule has 0 atom stereocenters. The topological polar surface area (TPSA) is 89.9 Å². The molecule has 8 heteroatoms. The molecule has 2 aromatic heterocycles. The van der Waals surface area contributed by atoms with Crippen LogP contribution in [0.1, 0.15) is 16.2 Å². The minimum Gasteiger partial charge on any atom is -0.365 e. The van der Waals surface area contributed by atoms with Crippen LogP contribution < -0.4 is 10.6 Å². The van der Waals surface area contributed by atoms with Crippen LogP contribution in [0.3, 0.4) is 0 Å². The van der Waals surface area contributed by atoms with Gasteiger partial charge >= 0.3 is 0 Å². The molecule has 2 heterocycles. The molecular formula is C11H13ClN6O. The van der Waals surface area contributed by atoms with E-state index in [2.05, 4.69) is 15.2 Å². The molecular weight excluding hydrogens is 268 g/mol. The molecule has 1 amide bonds. The highest BCUT2D eigenvalue weighted by molar-refractivity contribution is 6.29. The molecule has 0 aliphatic rings. The van der Waals surface area contributed by atoms with E-state index < -0.39 is 5.91 Å². The number of carbonyl (C=O) groups is 1. The predicted octanol–water partition coefficient (Wildman–Crippen LogP) is 0.599. The van der Waals surface area contributed by atoms with Gasteiger partial charge < -0.3 is 15.2 Å². The van der Waals surface area contributed by atoms with Gasteiger partial charge in [-0.3, -0.25) is 4.79 Å². The maximum Gasteiger partial charge on any atom is 0.252 e. The van der Waals surface area contributed by atoms with E-state index in [0.29, 0.717) is 12.4 Å². The van der Waals surface area contributed by atoms with Gasteiger partial charge in [-0.05, 0) is 6.07 Å². The van der Waals surface area contributed by atoms with E-state index in [-0.39, 0.29) is 10.7 Å². The molecule has 0 aliphatic heterocycles. The highest BCUT2D eigenvalue weighted by Gasteiger charge is 2.16. The Kier molecular flexibility index (Phi) is 3.66. The minimum absolute atomic E-state index is 0.128. The number of primary amides is 1. The standard InChI is InChI=1S/C11H13ClN6O/c1-17-4-3-14-9(17)6-18(2)11-7(10(13)19)5-8(12)15-16-11/h3-5H,6H2,1-2H3,(H2,13,19). The van der Waals surface area contributed by atoms with Crippen LogP contribution in [0.5, 0.6) is 0 Å². The van der Waals surface area contributed by atoms with E-state index in [0.717, 1.165) is 5.82 Å². The molecule has 2 rings (SSSR count). The van der Waals surface area contributed by atoms with Gasteiger partial charge in [0.05, 0.1) is 12.1 Å². The first-order valence-corrected chi connectivity index (χ1v) is 5.87. The largest absolute Gasteiger partial charge is 0.365 e. The molecule has 7 nitrogen and oxygen atoms in total. The van der Waals surface area contributed by atoms with Gasteiger partial charge in [-0.1, -0.05) is 11.6 Å². The molecule has 100 valence electrons. The van der Waals surface area contributed by atoms with Crippen molar-refractivity contribution in [1.29, 1.82) is 0 Å². The van der Waals surface area contributed by atoms with Crippen LogP contribution in [0, 0.1) is 0 Å². The molecule has 0 saturated heterocycles. The quantitative estimate of drug-likeness (QED) is 0.886. The number of halogens is 1. The summed E-state index contributed by atoms with van der Waals surface area (Å²) in [5.74, 6) is 0.605.